The zero-order valence-electron chi connectivity index (χ0n) is 12.7. The van der Waals surface area contributed by atoms with Crippen LogP contribution in [-0.2, 0) is 9.31 Å². The highest BCUT2D eigenvalue weighted by molar-refractivity contribution is 6.62. The summed E-state index contributed by atoms with van der Waals surface area (Å²) in [6, 6.07) is 1.94. The van der Waals surface area contributed by atoms with Crippen molar-refractivity contribution < 1.29 is 9.31 Å². The minimum atomic E-state index is -0.361. The van der Waals surface area contributed by atoms with E-state index in [1.54, 1.807) is 0 Å². The van der Waals surface area contributed by atoms with Crippen LogP contribution >= 0.6 is 0 Å². The maximum atomic E-state index is 6.04. The second kappa shape index (κ2) is 4.58. The molecule has 1 saturated heterocycles. The summed E-state index contributed by atoms with van der Waals surface area (Å²) in [6.07, 6.45) is 1.82. The summed E-state index contributed by atoms with van der Waals surface area (Å²) in [5.74, 6) is 0. The zero-order chi connectivity index (χ0) is 14.4. The van der Waals surface area contributed by atoms with Gasteiger partial charge in [-0.05, 0) is 53.2 Å². The van der Waals surface area contributed by atoms with Gasteiger partial charge in [0.05, 0.1) is 16.9 Å². The summed E-state index contributed by atoms with van der Waals surface area (Å²) in [4.78, 5) is 4.39. The Bertz CT molecular complexity index is 470. The Hall–Kier alpha value is -0.905. The van der Waals surface area contributed by atoms with E-state index in [9.17, 15) is 0 Å². The highest BCUT2D eigenvalue weighted by atomic mass is 16.7. The van der Waals surface area contributed by atoms with E-state index < -0.39 is 0 Å². The molecule has 1 atom stereocenters. The predicted octanol–water partition coefficient (Wildman–Crippen LogP) is 1.71. The standard InChI is InChI=1S/C14H23BN2O2/c1-9-7-12(10(2)16)17-8-11(9)15-18-13(3,4)14(5,6)19-15/h7-8,10H,16H2,1-6H3. The third kappa shape index (κ3) is 2.55. The van der Waals surface area contributed by atoms with E-state index in [0.717, 1.165) is 16.7 Å². The van der Waals surface area contributed by atoms with Gasteiger partial charge >= 0.3 is 7.12 Å². The summed E-state index contributed by atoms with van der Waals surface area (Å²) in [5, 5.41) is 0. The molecule has 0 bridgehead atoms. The van der Waals surface area contributed by atoms with Gasteiger partial charge in [-0.3, -0.25) is 4.98 Å². The lowest BCUT2D eigenvalue weighted by Gasteiger charge is -2.32. The fraction of sp³-hybridized carbons (Fsp3) is 0.643. The number of aromatic nitrogens is 1. The molecule has 0 radical (unpaired) electrons. The summed E-state index contributed by atoms with van der Waals surface area (Å²) in [6.45, 7) is 12.2. The number of rotatable bonds is 2. The fourth-order valence-corrected chi connectivity index (χ4v) is 2.05. The zero-order valence-corrected chi connectivity index (χ0v) is 12.7. The molecule has 1 aliphatic heterocycles. The number of nitrogens with zero attached hydrogens (tertiary/aromatic N) is 1. The molecular formula is C14H23BN2O2. The van der Waals surface area contributed by atoms with Crippen LogP contribution in [-0.4, -0.2) is 23.3 Å². The molecule has 2 heterocycles. The van der Waals surface area contributed by atoms with Gasteiger partial charge in [0.15, 0.2) is 0 Å². The van der Waals surface area contributed by atoms with E-state index in [1.807, 2.05) is 53.8 Å². The maximum absolute atomic E-state index is 6.04. The molecule has 1 aromatic heterocycles. The first-order valence-electron chi connectivity index (χ1n) is 6.72. The van der Waals surface area contributed by atoms with Gasteiger partial charge in [-0.25, -0.2) is 0 Å². The molecule has 1 aliphatic rings. The first-order valence-corrected chi connectivity index (χ1v) is 6.72. The summed E-state index contributed by atoms with van der Waals surface area (Å²) < 4.78 is 12.1. The van der Waals surface area contributed by atoms with Gasteiger partial charge in [0, 0.05) is 17.7 Å². The predicted molar refractivity (Wildman–Crippen MR) is 77.3 cm³/mol. The van der Waals surface area contributed by atoms with Crippen LogP contribution in [0.3, 0.4) is 0 Å². The van der Waals surface area contributed by atoms with Gasteiger partial charge in [0.25, 0.3) is 0 Å². The van der Waals surface area contributed by atoms with E-state index in [0.29, 0.717) is 0 Å². The van der Waals surface area contributed by atoms with E-state index in [2.05, 4.69) is 4.98 Å². The fourth-order valence-electron chi connectivity index (χ4n) is 2.05. The van der Waals surface area contributed by atoms with Crippen LogP contribution in [0.4, 0.5) is 0 Å². The normalized spacial score (nSPS) is 22.6. The molecule has 1 aromatic rings. The molecule has 0 aliphatic carbocycles. The van der Waals surface area contributed by atoms with Crippen molar-refractivity contribution in [3.63, 3.8) is 0 Å². The van der Waals surface area contributed by atoms with Crippen molar-refractivity contribution >= 4 is 12.6 Å². The Morgan fingerprint density at radius 1 is 1.21 bits per heavy atom. The first kappa shape index (κ1) is 14.5. The van der Waals surface area contributed by atoms with Gasteiger partial charge in [-0.15, -0.1) is 0 Å². The van der Waals surface area contributed by atoms with Crippen molar-refractivity contribution in [2.45, 2.75) is 58.8 Å². The molecule has 2 N–H and O–H groups in total. The van der Waals surface area contributed by atoms with Crippen LogP contribution in [0.15, 0.2) is 12.3 Å². The molecule has 19 heavy (non-hydrogen) atoms. The van der Waals surface area contributed by atoms with Crippen molar-refractivity contribution in [2.24, 2.45) is 5.73 Å². The molecule has 5 heteroatoms. The Balaban J connectivity index is 2.30. The molecule has 1 unspecified atom stereocenters. The highest BCUT2D eigenvalue weighted by Crippen LogP contribution is 2.36. The lowest BCUT2D eigenvalue weighted by molar-refractivity contribution is 0.00578. The second-order valence-electron chi connectivity index (χ2n) is 6.34. The van der Waals surface area contributed by atoms with Crippen LogP contribution < -0.4 is 11.2 Å². The average Bonchev–Trinajstić information content (AvgIpc) is 2.47. The summed E-state index contributed by atoms with van der Waals surface area (Å²) in [5.41, 5.74) is 8.15. The lowest BCUT2D eigenvalue weighted by Crippen LogP contribution is -2.41. The Morgan fingerprint density at radius 3 is 2.16 bits per heavy atom. The minimum Gasteiger partial charge on any atom is -0.399 e. The van der Waals surface area contributed by atoms with E-state index in [1.165, 1.54) is 0 Å². The van der Waals surface area contributed by atoms with Crippen molar-refractivity contribution in [3.05, 3.63) is 23.5 Å². The minimum absolute atomic E-state index is 0.0638. The molecule has 1 fully saturated rings. The highest BCUT2D eigenvalue weighted by Gasteiger charge is 2.52. The molecule has 104 valence electrons. The van der Waals surface area contributed by atoms with Gasteiger partial charge in [0.1, 0.15) is 0 Å². The molecule has 0 aromatic carbocycles. The van der Waals surface area contributed by atoms with E-state index >= 15 is 0 Å². The Morgan fingerprint density at radius 2 is 1.74 bits per heavy atom. The number of nitrogens with two attached hydrogens (primary N) is 1. The number of aryl methyl sites for hydroxylation is 1. The quantitative estimate of drug-likeness (QED) is 0.824. The van der Waals surface area contributed by atoms with Crippen LogP contribution in [0, 0.1) is 6.92 Å². The summed E-state index contributed by atoms with van der Waals surface area (Å²) in [7, 11) is -0.361. The van der Waals surface area contributed by atoms with E-state index in [4.69, 9.17) is 15.0 Å². The van der Waals surface area contributed by atoms with Gasteiger partial charge < -0.3 is 15.0 Å². The van der Waals surface area contributed by atoms with Crippen molar-refractivity contribution in [1.29, 1.82) is 0 Å². The number of pyridine rings is 1. The van der Waals surface area contributed by atoms with Gasteiger partial charge in [-0.2, -0.15) is 0 Å². The van der Waals surface area contributed by atoms with Crippen molar-refractivity contribution in [2.75, 3.05) is 0 Å². The van der Waals surface area contributed by atoms with Crippen LogP contribution in [0.2, 0.25) is 0 Å². The number of hydrogen-bond donors (Lipinski definition) is 1. The second-order valence-corrected chi connectivity index (χ2v) is 6.34. The van der Waals surface area contributed by atoms with Crippen LogP contribution in [0.25, 0.3) is 0 Å². The SMILES string of the molecule is Cc1cc(C(C)N)ncc1B1OC(C)(C)C(C)(C)O1. The van der Waals surface area contributed by atoms with E-state index in [-0.39, 0.29) is 24.4 Å². The maximum Gasteiger partial charge on any atom is 0.496 e. The van der Waals surface area contributed by atoms with Crippen LogP contribution in [0.5, 0.6) is 0 Å². The third-order valence-electron chi connectivity index (χ3n) is 4.15. The van der Waals surface area contributed by atoms with Gasteiger partial charge in [0.2, 0.25) is 0 Å². The molecule has 0 amide bonds. The molecule has 2 rings (SSSR count). The molecular weight excluding hydrogens is 239 g/mol. The first-order chi connectivity index (χ1) is 8.64. The average molecular weight is 262 g/mol. The monoisotopic (exact) mass is 262 g/mol. The molecule has 4 nitrogen and oxygen atoms in total. The third-order valence-corrected chi connectivity index (χ3v) is 4.15. The topological polar surface area (TPSA) is 57.4 Å². The smallest absolute Gasteiger partial charge is 0.399 e. The number of hydrogen-bond acceptors (Lipinski definition) is 4. The van der Waals surface area contributed by atoms with Crippen LogP contribution in [0.1, 0.15) is 51.9 Å². The lowest BCUT2D eigenvalue weighted by atomic mass is 9.77. The van der Waals surface area contributed by atoms with Gasteiger partial charge in [-0.1, -0.05) is 0 Å². The van der Waals surface area contributed by atoms with Crippen molar-refractivity contribution in [3.8, 4) is 0 Å². The Labute approximate surface area is 115 Å². The Kier molecular flexibility index (Phi) is 3.50. The molecule has 0 spiro atoms. The summed E-state index contributed by atoms with van der Waals surface area (Å²) >= 11 is 0. The molecule has 0 saturated carbocycles. The largest absolute Gasteiger partial charge is 0.496 e. The van der Waals surface area contributed by atoms with Crippen molar-refractivity contribution in [1.82, 2.24) is 4.98 Å².